The maximum absolute atomic E-state index is 13.3. The number of nitrogens with one attached hydrogen (secondary N) is 2. The molecule has 2 aliphatic rings. The number of aromatic amines is 1. The van der Waals surface area contributed by atoms with Crippen LogP contribution >= 0.6 is 15.9 Å². The number of pyridine rings is 1. The van der Waals surface area contributed by atoms with Gasteiger partial charge in [-0.1, -0.05) is 15.9 Å². The highest BCUT2D eigenvalue weighted by molar-refractivity contribution is 9.10. The van der Waals surface area contributed by atoms with E-state index in [1.54, 1.807) is 0 Å². The van der Waals surface area contributed by atoms with Crippen molar-refractivity contribution >= 4 is 27.5 Å². The average Bonchev–Trinajstić information content (AvgIpc) is 2.82. The Hall–Kier alpha value is -2.12. The third-order valence-electron chi connectivity index (χ3n) is 7.16. The van der Waals surface area contributed by atoms with Crippen LogP contribution in [0.25, 0.3) is 0 Å². The zero-order valence-corrected chi connectivity index (χ0v) is 21.4. The van der Waals surface area contributed by atoms with Crippen LogP contribution in [-0.2, 0) is 24.1 Å². The van der Waals surface area contributed by atoms with E-state index in [9.17, 15) is 9.59 Å². The summed E-state index contributed by atoms with van der Waals surface area (Å²) < 4.78 is 6.43. The highest BCUT2D eigenvalue weighted by Gasteiger charge is 2.25. The lowest BCUT2D eigenvalue weighted by Gasteiger charge is -2.36. The topological polar surface area (TPSA) is 74.4 Å². The van der Waals surface area contributed by atoms with Gasteiger partial charge in [0.15, 0.2) is 0 Å². The molecule has 0 bridgehead atoms. The van der Waals surface area contributed by atoms with E-state index >= 15 is 0 Å². The van der Waals surface area contributed by atoms with Crippen LogP contribution in [-0.4, -0.2) is 36.7 Å². The Morgan fingerprint density at radius 3 is 2.58 bits per heavy atom. The molecule has 7 heteroatoms. The summed E-state index contributed by atoms with van der Waals surface area (Å²) in [5.41, 5.74) is 6.64. The molecule has 1 aliphatic carbocycles. The van der Waals surface area contributed by atoms with E-state index in [4.69, 9.17) is 4.74 Å². The van der Waals surface area contributed by atoms with Crippen molar-refractivity contribution < 1.29 is 9.53 Å². The molecule has 0 spiro atoms. The molecule has 178 valence electrons. The van der Waals surface area contributed by atoms with Crippen molar-refractivity contribution in [3.63, 3.8) is 0 Å². The summed E-state index contributed by atoms with van der Waals surface area (Å²) in [6.45, 7) is 8.80. The number of halogens is 1. The zero-order valence-electron chi connectivity index (χ0n) is 19.9. The molecule has 2 heterocycles. The summed E-state index contributed by atoms with van der Waals surface area (Å²) in [5, 5.41) is 3.04. The van der Waals surface area contributed by atoms with Gasteiger partial charge in [0, 0.05) is 59.3 Å². The Kier molecular flexibility index (Phi) is 7.59. The molecule has 1 aromatic carbocycles. The van der Waals surface area contributed by atoms with E-state index < -0.39 is 0 Å². The lowest BCUT2D eigenvalue weighted by Crippen LogP contribution is -2.40. The van der Waals surface area contributed by atoms with Gasteiger partial charge in [0.25, 0.3) is 11.5 Å². The summed E-state index contributed by atoms with van der Waals surface area (Å²) in [5.74, 6) is -0.150. The van der Waals surface area contributed by atoms with E-state index in [0.717, 1.165) is 85.3 Å². The number of hydrogen-bond acceptors (Lipinski definition) is 4. The van der Waals surface area contributed by atoms with Gasteiger partial charge in [0.2, 0.25) is 0 Å². The third kappa shape index (κ3) is 5.04. The molecule has 1 amide bonds. The van der Waals surface area contributed by atoms with Gasteiger partial charge in [0.1, 0.15) is 0 Å². The van der Waals surface area contributed by atoms with Crippen molar-refractivity contribution in [1.82, 2.24) is 10.3 Å². The van der Waals surface area contributed by atoms with E-state index in [2.05, 4.69) is 44.1 Å². The molecule has 0 radical (unpaired) electrons. The molecule has 6 nitrogen and oxygen atoms in total. The maximum atomic E-state index is 13.3. The molecular formula is C26H34BrN3O3. The highest BCUT2D eigenvalue weighted by Crippen LogP contribution is 2.32. The van der Waals surface area contributed by atoms with Gasteiger partial charge >= 0.3 is 0 Å². The van der Waals surface area contributed by atoms with Crippen molar-refractivity contribution in [3.8, 4) is 0 Å². The van der Waals surface area contributed by atoms with Gasteiger partial charge in [-0.3, -0.25) is 9.59 Å². The Balaban J connectivity index is 1.59. The van der Waals surface area contributed by atoms with Gasteiger partial charge in [-0.25, -0.2) is 0 Å². The molecular weight excluding hydrogens is 482 g/mol. The Morgan fingerprint density at radius 1 is 1.18 bits per heavy atom. The van der Waals surface area contributed by atoms with E-state index in [0.29, 0.717) is 17.2 Å². The second-order valence-electron chi connectivity index (χ2n) is 9.13. The first-order valence-electron chi connectivity index (χ1n) is 12.1. The number of fused-ring (bicyclic) bond motifs is 1. The minimum Gasteiger partial charge on any atom is -0.381 e. The molecule has 2 aromatic rings. The number of rotatable bonds is 6. The molecule has 1 aliphatic heterocycles. The maximum Gasteiger partial charge on any atom is 0.253 e. The molecule has 2 N–H and O–H groups in total. The fraction of sp³-hybridized carbons (Fsp3) is 0.538. The number of carbonyl (C=O) groups excluding carboxylic acids is 1. The minimum atomic E-state index is -0.150. The monoisotopic (exact) mass is 515 g/mol. The first kappa shape index (κ1) is 24.0. The van der Waals surface area contributed by atoms with Gasteiger partial charge in [0.05, 0.1) is 0 Å². The molecule has 1 fully saturated rings. The van der Waals surface area contributed by atoms with Gasteiger partial charge in [-0.2, -0.15) is 0 Å². The van der Waals surface area contributed by atoms with Crippen LogP contribution in [0.3, 0.4) is 0 Å². The standard InChI is InChI=1S/C26H34BrN3O3/c1-4-30(19-9-11-33-12-10-19)24-14-18(27)13-22(16(24)2)25(31)28-15-23-21-8-6-5-7-20(21)17(3)29-26(23)32/h13-14,19H,4-12,15H2,1-3H3,(H,28,31)(H,29,32). The Labute approximate surface area is 204 Å². The summed E-state index contributed by atoms with van der Waals surface area (Å²) in [6, 6.07) is 4.39. The Morgan fingerprint density at radius 2 is 1.88 bits per heavy atom. The van der Waals surface area contributed by atoms with Crippen LogP contribution in [0, 0.1) is 13.8 Å². The number of ether oxygens (including phenoxy) is 1. The van der Waals surface area contributed by atoms with Crippen LogP contribution in [0.4, 0.5) is 5.69 Å². The average molecular weight is 516 g/mol. The molecule has 1 saturated heterocycles. The number of nitrogens with zero attached hydrogens (tertiary/aromatic N) is 1. The predicted octanol–water partition coefficient (Wildman–Crippen LogP) is 4.57. The lowest BCUT2D eigenvalue weighted by molar-refractivity contribution is 0.0845. The molecule has 0 unspecified atom stereocenters. The van der Waals surface area contributed by atoms with Crippen molar-refractivity contribution in [2.24, 2.45) is 0 Å². The van der Waals surface area contributed by atoms with Gasteiger partial charge < -0.3 is 19.9 Å². The van der Waals surface area contributed by atoms with Crippen molar-refractivity contribution in [1.29, 1.82) is 0 Å². The van der Waals surface area contributed by atoms with Crippen molar-refractivity contribution in [3.05, 3.63) is 60.5 Å². The number of amides is 1. The number of H-pyrrole nitrogens is 1. The second-order valence-corrected chi connectivity index (χ2v) is 10.0. The number of hydrogen-bond donors (Lipinski definition) is 2. The van der Waals surface area contributed by atoms with Crippen molar-refractivity contribution in [2.75, 3.05) is 24.7 Å². The quantitative estimate of drug-likeness (QED) is 0.590. The summed E-state index contributed by atoms with van der Waals surface area (Å²) in [4.78, 5) is 31.4. The van der Waals surface area contributed by atoms with E-state index in [-0.39, 0.29) is 18.0 Å². The fourth-order valence-electron chi connectivity index (χ4n) is 5.38. The number of aromatic nitrogens is 1. The number of aryl methyl sites for hydroxylation is 1. The highest BCUT2D eigenvalue weighted by atomic mass is 79.9. The van der Waals surface area contributed by atoms with Crippen LogP contribution in [0.2, 0.25) is 0 Å². The minimum absolute atomic E-state index is 0.0863. The summed E-state index contributed by atoms with van der Waals surface area (Å²) >= 11 is 3.62. The van der Waals surface area contributed by atoms with Crippen LogP contribution in [0.1, 0.15) is 70.9 Å². The predicted molar refractivity (Wildman–Crippen MR) is 135 cm³/mol. The molecule has 0 atom stereocenters. The fourth-order valence-corrected chi connectivity index (χ4v) is 5.83. The van der Waals surface area contributed by atoms with Crippen LogP contribution in [0.5, 0.6) is 0 Å². The first-order chi connectivity index (χ1) is 15.9. The molecule has 1 aromatic heterocycles. The third-order valence-corrected chi connectivity index (χ3v) is 7.61. The van der Waals surface area contributed by atoms with Crippen molar-refractivity contribution in [2.45, 2.75) is 71.9 Å². The smallest absolute Gasteiger partial charge is 0.253 e. The van der Waals surface area contributed by atoms with E-state index in [1.807, 2.05) is 19.9 Å². The molecule has 0 saturated carbocycles. The van der Waals surface area contributed by atoms with Gasteiger partial charge in [-0.05, 0) is 88.1 Å². The van der Waals surface area contributed by atoms with Crippen LogP contribution in [0.15, 0.2) is 21.4 Å². The number of benzene rings is 1. The number of carbonyl (C=O) groups is 1. The normalized spacial score (nSPS) is 16.4. The first-order valence-corrected chi connectivity index (χ1v) is 12.9. The molecule has 33 heavy (non-hydrogen) atoms. The van der Waals surface area contributed by atoms with Crippen LogP contribution < -0.4 is 15.8 Å². The largest absolute Gasteiger partial charge is 0.381 e. The zero-order chi connectivity index (χ0) is 23.5. The second kappa shape index (κ2) is 10.4. The van der Waals surface area contributed by atoms with E-state index in [1.165, 1.54) is 5.56 Å². The summed E-state index contributed by atoms with van der Waals surface area (Å²) in [7, 11) is 0. The summed E-state index contributed by atoms with van der Waals surface area (Å²) in [6.07, 6.45) is 6.11. The molecule has 4 rings (SSSR count). The SMILES string of the molecule is CCN(c1cc(Br)cc(C(=O)NCc2c3c(c(C)[nH]c2=O)CCCC3)c1C)C1CCOCC1. The number of anilines is 1. The Bertz CT molecular complexity index is 1090. The van der Waals surface area contributed by atoms with Gasteiger partial charge in [-0.15, -0.1) is 0 Å². The lowest BCUT2D eigenvalue weighted by atomic mass is 9.88.